The monoisotopic (exact) mass is 324 g/mol. The number of hydrogen-bond acceptors (Lipinski definition) is 3. The first-order chi connectivity index (χ1) is 11.9. The van der Waals surface area contributed by atoms with Crippen molar-refractivity contribution in [3.8, 4) is 0 Å². The number of hydrogen-bond donors (Lipinski definition) is 0. The highest BCUT2D eigenvalue weighted by Crippen LogP contribution is 2.31. The first kappa shape index (κ1) is 15.9. The van der Waals surface area contributed by atoms with E-state index in [-0.39, 0.29) is 0 Å². The quantitative estimate of drug-likeness (QED) is 0.845. The zero-order valence-corrected chi connectivity index (χ0v) is 14.4. The standard InChI is InChI=1S/C20H28N4/c1-2-5-18(6-3-1)15-24-10-4-7-19-16-22(11-8-20(19)24)13-14-23-12-9-21-17-23/h1-3,5-6,9,12,17,19-20H,4,7-8,10-11,13-16H2/t19-,20-/m0/s1. The molecule has 2 aliphatic rings. The van der Waals surface area contributed by atoms with Crippen LogP contribution in [-0.4, -0.2) is 51.6 Å². The second-order valence-corrected chi connectivity index (χ2v) is 7.32. The summed E-state index contributed by atoms with van der Waals surface area (Å²) in [7, 11) is 0. The van der Waals surface area contributed by atoms with Crippen LogP contribution in [0.2, 0.25) is 0 Å². The van der Waals surface area contributed by atoms with Crippen molar-refractivity contribution in [3.63, 3.8) is 0 Å². The average molecular weight is 324 g/mol. The Labute approximate surface area is 145 Å². The van der Waals surface area contributed by atoms with Crippen molar-refractivity contribution in [2.24, 2.45) is 5.92 Å². The molecule has 24 heavy (non-hydrogen) atoms. The lowest BCUT2D eigenvalue weighted by molar-refractivity contribution is 0.0173. The first-order valence-electron chi connectivity index (χ1n) is 9.34. The van der Waals surface area contributed by atoms with Gasteiger partial charge in [0.1, 0.15) is 0 Å². The van der Waals surface area contributed by atoms with Crippen molar-refractivity contribution in [1.29, 1.82) is 0 Å². The van der Waals surface area contributed by atoms with Gasteiger partial charge in [-0.05, 0) is 43.8 Å². The third-order valence-corrected chi connectivity index (χ3v) is 5.73. The van der Waals surface area contributed by atoms with E-state index in [0.717, 1.165) is 31.6 Å². The molecule has 2 atom stereocenters. The van der Waals surface area contributed by atoms with Crippen LogP contribution in [0.25, 0.3) is 0 Å². The van der Waals surface area contributed by atoms with Gasteiger partial charge in [0.2, 0.25) is 0 Å². The van der Waals surface area contributed by atoms with Crippen molar-refractivity contribution >= 4 is 0 Å². The lowest BCUT2D eigenvalue weighted by Gasteiger charge is -2.47. The molecule has 4 nitrogen and oxygen atoms in total. The Balaban J connectivity index is 1.33. The summed E-state index contributed by atoms with van der Waals surface area (Å²) < 4.78 is 2.19. The third kappa shape index (κ3) is 3.70. The van der Waals surface area contributed by atoms with Crippen LogP contribution < -0.4 is 0 Å². The molecule has 0 radical (unpaired) electrons. The van der Waals surface area contributed by atoms with Gasteiger partial charge in [0, 0.05) is 44.6 Å². The number of nitrogens with zero attached hydrogens (tertiary/aromatic N) is 4. The SMILES string of the molecule is c1ccc(CN2CCC[C@H]3CN(CCn4ccnc4)CC[C@@H]32)cc1. The van der Waals surface area contributed by atoms with Gasteiger partial charge in [-0.3, -0.25) is 4.90 Å². The molecule has 2 saturated heterocycles. The maximum Gasteiger partial charge on any atom is 0.0946 e. The molecule has 2 fully saturated rings. The van der Waals surface area contributed by atoms with Gasteiger partial charge in [0.05, 0.1) is 6.33 Å². The minimum absolute atomic E-state index is 0.781. The molecule has 2 aromatic rings. The lowest BCUT2D eigenvalue weighted by atomic mass is 9.83. The molecule has 0 spiro atoms. The van der Waals surface area contributed by atoms with Crippen LogP contribution in [-0.2, 0) is 13.1 Å². The van der Waals surface area contributed by atoms with E-state index in [2.05, 4.69) is 55.9 Å². The summed E-state index contributed by atoms with van der Waals surface area (Å²) in [6.07, 6.45) is 9.93. The van der Waals surface area contributed by atoms with Gasteiger partial charge in [-0.25, -0.2) is 4.98 Å². The van der Waals surface area contributed by atoms with E-state index >= 15 is 0 Å². The van der Waals surface area contributed by atoms with Gasteiger partial charge < -0.3 is 9.47 Å². The van der Waals surface area contributed by atoms with Gasteiger partial charge in [0.15, 0.2) is 0 Å². The summed E-state index contributed by atoms with van der Waals surface area (Å²) >= 11 is 0. The van der Waals surface area contributed by atoms with Crippen LogP contribution in [0.4, 0.5) is 0 Å². The molecule has 0 bridgehead atoms. The zero-order chi connectivity index (χ0) is 16.2. The summed E-state index contributed by atoms with van der Waals surface area (Å²) in [5.41, 5.74) is 1.46. The first-order valence-corrected chi connectivity index (χ1v) is 9.34. The Morgan fingerprint density at radius 3 is 2.79 bits per heavy atom. The summed E-state index contributed by atoms with van der Waals surface area (Å²) in [5, 5.41) is 0. The minimum Gasteiger partial charge on any atom is -0.336 e. The topological polar surface area (TPSA) is 24.3 Å². The molecule has 0 aliphatic carbocycles. The second-order valence-electron chi connectivity index (χ2n) is 7.32. The normalized spacial score (nSPS) is 25.5. The summed E-state index contributed by atoms with van der Waals surface area (Å²) in [5.74, 6) is 0.846. The third-order valence-electron chi connectivity index (χ3n) is 5.73. The van der Waals surface area contributed by atoms with Gasteiger partial charge in [-0.1, -0.05) is 30.3 Å². The molecule has 0 N–H and O–H groups in total. The molecule has 1 aromatic carbocycles. The van der Waals surface area contributed by atoms with E-state index in [0.29, 0.717) is 0 Å². The lowest BCUT2D eigenvalue weighted by Crippen LogP contribution is -2.54. The molecule has 128 valence electrons. The summed E-state index contributed by atoms with van der Waals surface area (Å²) in [4.78, 5) is 9.55. The van der Waals surface area contributed by atoms with Crippen LogP contribution in [0.3, 0.4) is 0 Å². The number of imidazole rings is 1. The van der Waals surface area contributed by atoms with Crippen LogP contribution in [0, 0.1) is 5.92 Å². The molecule has 3 heterocycles. The Hall–Kier alpha value is -1.65. The van der Waals surface area contributed by atoms with Gasteiger partial charge in [0.25, 0.3) is 0 Å². The van der Waals surface area contributed by atoms with E-state index < -0.39 is 0 Å². The largest absolute Gasteiger partial charge is 0.336 e. The Morgan fingerprint density at radius 1 is 1.04 bits per heavy atom. The van der Waals surface area contributed by atoms with Crippen LogP contribution in [0.5, 0.6) is 0 Å². The molecule has 4 rings (SSSR count). The molecule has 0 unspecified atom stereocenters. The highest BCUT2D eigenvalue weighted by atomic mass is 15.2. The van der Waals surface area contributed by atoms with Crippen LogP contribution >= 0.6 is 0 Å². The summed E-state index contributed by atoms with van der Waals surface area (Å²) in [6.45, 7) is 7.11. The number of fused-ring (bicyclic) bond motifs is 1. The van der Waals surface area contributed by atoms with Crippen molar-refractivity contribution in [2.45, 2.75) is 38.4 Å². The Morgan fingerprint density at radius 2 is 1.96 bits per heavy atom. The van der Waals surface area contributed by atoms with Crippen molar-refractivity contribution in [3.05, 3.63) is 54.6 Å². The molecule has 4 heteroatoms. The summed E-state index contributed by atoms with van der Waals surface area (Å²) in [6, 6.07) is 11.8. The number of rotatable bonds is 5. The minimum atomic E-state index is 0.781. The van der Waals surface area contributed by atoms with Gasteiger partial charge in [-0.2, -0.15) is 0 Å². The maximum absolute atomic E-state index is 4.14. The number of benzene rings is 1. The molecular weight excluding hydrogens is 296 g/mol. The van der Waals surface area contributed by atoms with E-state index in [1.807, 2.05) is 12.5 Å². The molecule has 0 amide bonds. The highest BCUT2D eigenvalue weighted by molar-refractivity contribution is 5.15. The fourth-order valence-corrected chi connectivity index (χ4v) is 4.48. The van der Waals surface area contributed by atoms with Gasteiger partial charge in [-0.15, -0.1) is 0 Å². The van der Waals surface area contributed by atoms with Crippen molar-refractivity contribution in [1.82, 2.24) is 19.4 Å². The maximum atomic E-state index is 4.14. The van der Waals surface area contributed by atoms with Crippen molar-refractivity contribution in [2.75, 3.05) is 26.2 Å². The van der Waals surface area contributed by atoms with Crippen molar-refractivity contribution < 1.29 is 0 Å². The number of piperidine rings is 2. The molecular formula is C20H28N4. The van der Waals surface area contributed by atoms with Crippen LogP contribution in [0.1, 0.15) is 24.8 Å². The Kier molecular flexibility index (Phi) is 4.95. The van der Waals surface area contributed by atoms with E-state index in [1.54, 1.807) is 0 Å². The second kappa shape index (κ2) is 7.49. The predicted octanol–water partition coefficient (Wildman–Crippen LogP) is 2.87. The smallest absolute Gasteiger partial charge is 0.0946 e. The fourth-order valence-electron chi connectivity index (χ4n) is 4.48. The zero-order valence-electron chi connectivity index (χ0n) is 14.4. The molecule has 2 aliphatic heterocycles. The Bertz CT molecular complexity index is 610. The highest BCUT2D eigenvalue weighted by Gasteiger charge is 2.35. The number of likely N-dealkylation sites (tertiary alicyclic amines) is 2. The van der Waals surface area contributed by atoms with E-state index in [9.17, 15) is 0 Å². The molecule has 1 aromatic heterocycles. The van der Waals surface area contributed by atoms with E-state index in [4.69, 9.17) is 0 Å². The average Bonchev–Trinajstić information content (AvgIpc) is 3.14. The van der Waals surface area contributed by atoms with Crippen LogP contribution in [0.15, 0.2) is 49.1 Å². The van der Waals surface area contributed by atoms with E-state index in [1.165, 1.54) is 44.5 Å². The predicted molar refractivity (Wildman–Crippen MR) is 96.6 cm³/mol. The fraction of sp³-hybridized carbons (Fsp3) is 0.550. The number of aromatic nitrogens is 2. The molecule has 0 saturated carbocycles. The van der Waals surface area contributed by atoms with Gasteiger partial charge >= 0.3 is 0 Å².